The number of H-pyrrole nitrogens is 1. The Labute approximate surface area is 117 Å². The van der Waals surface area contributed by atoms with Gasteiger partial charge in [0.2, 0.25) is 5.91 Å². The Morgan fingerprint density at radius 3 is 2.90 bits per heavy atom. The number of rotatable bonds is 6. The molecule has 3 rings (SSSR count). The van der Waals surface area contributed by atoms with Crippen molar-refractivity contribution in [1.82, 2.24) is 15.3 Å². The lowest BCUT2D eigenvalue weighted by Gasteiger charge is -2.12. The zero-order valence-electron chi connectivity index (χ0n) is 11.4. The Morgan fingerprint density at radius 1 is 1.40 bits per heavy atom. The molecular formula is C15H19N3O2. The van der Waals surface area contributed by atoms with Crippen molar-refractivity contribution in [1.29, 1.82) is 0 Å². The van der Waals surface area contributed by atoms with Crippen molar-refractivity contribution in [3.05, 3.63) is 30.1 Å². The van der Waals surface area contributed by atoms with E-state index >= 15 is 0 Å². The number of nitrogens with zero attached hydrogens (tertiary/aromatic N) is 1. The molecule has 0 spiro atoms. The Bertz CT molecular complexity index is 583. The molecule has 1 aromatic heterocycles. The van der Waals surface area contributed by atoms with Crippen molar-refractivity contribution < 1.29 is 9.90 Å². The number of aliphatic hydroxyl groups is 1. The van der Waals surface area contributed by atoms with Gasteiger partial charge < -0.3 is 15.4 Å². The van der Waals surface area contributed by atoms with Crippen LogP contribution < -0.4 is 5.32 Å². The monoisotopic (exact) mass is 273 g/mol. The van der Waals surface area contributed by atoms with Crippen LogP contribution in [0.1, 0.15) is 25.1 Å². The van der Waals surface area contributed by atoms with Gasteiger partial charge in [-0.25, -0.2) is 4.98 Å². The van der Waals surface area contributed by atoms with Crippen LogP contribution in [0.4, 0.5) is 0 Å². The van der Waals surface area contributed by atoms with E-state index in [9.17, 15) is 9.90 Å². The van der Waals surface area contributed by atoms with Crippen LogP contribution in [-0.4, -0.2) is 34.1 Å². The number of benzene rings is 1. The number of nitrogens with one attached hydrogen (secondary N) is 2. The van der Waals surface area contributed by atoms with Gasteiger partial charge in [0, 0.05) is 24.8 Å². The van der Waals surface area contributed by atoms with Gasteiger partial charge in [0.1, 0.15) is 5.82 Å². The number of amides is 1. The molecule has 20 heavy (non-hydrogen) atoms. The Hall–Kier alpha value is -1.88. The number of carbonyl (C=O) groups is 1. The second-order valence-corrected chi connectivity index (χ2v) is 5.64. The number of aliphatic hydroxyl groups excluding tert-OH is 1. The molecule has 1 aromatic carbocycles. The molecule has 0 saturated heterocycles. The number of imidazole rings is 1. The molecule has 5 heteroatoms. The highest BCUT2D eigenvalue weighted by atomic mass is 16.3. The van der Waals surface area contributed by atoms with E-state index in [4.69, 9.17) is 0 Å². The van der Waals surface area contributed by atoms with Crippen LogP contribution in [0.3, 0.4) is 0 Å². The van der Waals surface area contributed by atoms with Crippen molar-refractivity contribution in [3.8, 4) is 0 Å². The smallest absolute Gasteiger partial charge is 0.220 e. The number of carbonyl (C=O) groups excluding carboxylic acids is 1. The Kier molecular flexibility index (Phi) is 3.44. The van der Waals surface area contributed by atoms with Crippen molar-refractivity contribution >= 4 is 16.9 Å². The van der Waals surface area contributed by atoms with Crippen molar-refractivity contribution in [2.75, 3.05) is 13.2 Å². The summed E-state index contributed by atoms with van der Waals surface area (Å²) in [7, 11) is 0. The minimum Gasteiger partial charge on any atom is -0.396 e. The first kappa shape index (κ1) is 13.1. The predicted octanol–water partition coefficient (Wildman–Crippen LogP) is 1.38. The molecule has 1 heterocycles. The summed E-state index contributed by atoms with van der Waals surface area (Å²) in [5.74, 6) is 0.856. The minimum atomic E-state index is -0.0327. The Morgan fingerprint density at radius 2 is 2.20 bits per heavy atom. The number of hydrogen-bond donors (Lipinski definition) is 3. The van der Waals surface area contributed by atoms with Crippen LogP contribution in [0, 0.1) is 5.41 Å². The standard InChI is InChI=1S/C15H19N3O2/c19-10-15(7-8-15)9-16-14(20)6-5-13-17-11-3-1-2-4-12(11)18-13/h1-4,19H,5-10H2,(H,16,20)(H,17,18). The molecule has 0 aliphatic heterocycles. The summed E-state index contributed by atoms with van der Waals surface area (Å²) >= 11 is 0. The molecule has 0 bridgehead atoms. The summed E-state index contributed by atoms with van der Waals surface area (Å²) in [6.45, 7) is 0.749. The van der Waals surface area contributed by atoms with Gasteiger partial charge in [0.25, 0.3) is 0 Å². The van der Waals surface area contributed by atoms with Gasteiger partial charge in [-0.3, -0.25) is 4.79 Å². The zero-order chi connectivity index (χ0) is 14.0. The SMILES string of the molecule is O=C(CCc1nc2ccccc2[nH]1)NCC1(CO)CC1. The van der Waals surface area contributed by atoms with Gasteiger partial charge in [-0.1, -0.05) is 12.1 Å². The van der Waals surface area contributed by atoms with Gasteiger partial charge in [-0.15, -0.1) is 0 Å². The molecular weight excluding hydrogens is 254 g/mol. The second-order valence-electron chi connectivity index (χ2n) is 5.64. The molecule has 106 valence electrons. The number of hydrogen-bond acceptors (Lipinski definition) is 3. The molecule has 0 atom stereocenters. The van der Waals surface area contributed by atoms with Gasteiger partial charge in [0.15, 0.2) is 0 Å². The molecule has 1 fully saturated rings. The lowest BCUT2D eigenvalue weighted by molar-refractivity contribution is -0.121. The van der Waals surface area contributed by atoms with E-state index in [0.29, 0.717) is 19.4 Å². The van der Waals surface area contributed by atoms with Crippen LogP contribution in [0.2, 0.25) is 0 Å². The lowest BCUT2D eigenvalue weighted by atomic mass is 10.1. The minimum absolute atomic E-state index is 0.0187. The second kappa shape index (κ2) is 5.25. The van der Waals surface area contributed by atoms with Crippen molar-refractivity contribution in [3.63, 3.8) is 0 Å². The third-order valence-electron chi connectivity index (χ3n) is 3.98. The van der Waals surface area contributed by atoms with Gasteiger partial charge in [-0.2, -0.15) is 0 Å². The van der Waals surface area contributed by atoms with E-state index in [0.717, 1.165) is 29.7 Å². The maximum absolute atomic E-state index is 11.8. The van der Waals surface area contributed by atoms with Crippen LogP contribution in [0.15, 0.2) is 24.3 Å². The largest absolute Gasteiger partial charge is 0.396 e. The fourth-order valence-corrected chi connectivity index (χ4v) is 2.30. The highest BCUT2D eigenvalue weighted by molar-refractivity contribution is 5.77. The van der Waals surface area contributed by atoms with E-state index < -0.39 is 0 Å². The quantitative estimate of drug-likeness (QED) is 0.744. The predicted molar refractivity (Wildman–Crippen MR) is 76.2 cm³/mol. The van der Waals surface area contributed by atoms with E-state index in [2.05, 4.69) is 15.3 Å². The topological polar surface area (TPSA) is 78.0 Å². The molecule has 1 saturated carbocycles. The summed E-state index contributed by atoms with van der Waals surface area (Å²) in [5.41, 5.74) is 1.90. The number of fused-ring (bicyclic) bond motifs is 1. The summed E-state index contributed by atoms with van der Waals surface area (Å²) in [6, 6.07) is 7.84. The lowest BCUT2D eigenvalue weighted by Crippen LogP contribution is -2.32. The van der Waals surface area contributed by atoms with Crippen LogP contribution in [0.25, 0.3) is 11.0 Å². The van der Waals surface area contributed by atoms with E-state index in [1.165, 1.54) is 0 Å². The average Bonchev–Trinajstić information content (AvgIpc) is 3.14. The maximum Gasteiger partial charge on any atom is 0.220 e. The number of para-hydroxylation sites is 2. The van der Waals surface area contributed by atoms with E-state index in [1.54, 1.807) is 0 Å². The third-order valence-corrected chi connectivity index (χ3v) is 3.98. The molecule has 5 nitrogen and oxygen atoms in total. The first-order chi connectivity index (χ1) is 9.71. The third kappa shape index (κ3) is 2.82. The van der Waals surface area contributed by atoms with Gasteiger partial charge in [0.05, 0.1) is 17.6 Å². The highest BCUT2D eigenvalue weighted by Gasteiger charge is 2.41. The number of aromatic amines is 1. The summed E-state index contributed by atoms with van der Waals surface area (Å²) in [6.07, 6.45) is 3.04. The normalized spacial score (nSPS) is 16.2. The fraction of sp³-hybridized carbons (Fsp3) is 0.467. The van der Waals surface area contributed by atoms with Crippen LogP contribution in [-0.2, 0) is 11.2 Å². The summed E-state index contributed by atoms with van der Waals surface area (Å²) in [5, 5.41) is 12.1. The van der Waals surface area contributed by atoms with Crippen LogP contribution in [0.5, 0.6) is 0 Å². The summed E-state index contributed by atoms with van der Waals surface area (Å²) in [4.78, 5) is 19.4. The van der Waals surface area contributed by atoms with E-state index in [1.807, 2.05) is 24.3 Å². The van der Waals surface area contributed by atoms with E-state index in [-0.39, 0.29) is 17.9 Å². The fourth-order valence-electron chi connectivity index (χ4n) is 2.30. The molecule has 2 aromatic rings. The highest BCUT2D eigenvalue weighted by Crippen LogP contribution is 2.44. The first-order valence-electron chi connectivity index (χ1n) is 7.02. The summed E-state index contributed by atoms with van der Waals surface area (Å²) < 4.78 is 0. The molecule has 1 aliphatic carbocycles. The maximum atomic E-state index is 11.8. The molecule has 0 unspecified atom stereocenters. The van der Waals surface area contributed by atoms with Gasteiger partial charge >= 0.3 is 0 Å². The molecule has 1 aliphatic rings. The van der Waals surface area contributed by atoms with Crippen LogP contribution >= 0.6 is 0 Å². The van der Waals surface area contributed by atoms with Crippen molar-refractivity contribution in [2.24, 2.45) is 5.41 Å². The average molecular weight is 273 g/mol. The molecule has 3 N–H and O–H groups in total. The Balaban J connectivity index is 1.50. The number of aromatic nitrogens is 2. The zero-order valence-corrected chi connectivity index (χ0v) is 11.4. The first-order valence-corrected chi connectivity index (χ1v) is 7.02. The molecule has 0 radical (unpaired) electrons. The molecule has 1 amide bonds. The number of aryl methyl sites for hydroxylation is 1. The van der Waals surface area contributed by atoms with Crippen molar-refractivity contribution in [2.45, 2.75) is 25.7 Å². The van der Waals surface area contributed by atoms with Gasteiger partial charge in [-0.05, 0) is 25.0 Å².